The molecule has 0 aliphatic heterocycles. The average molecular weight is 357 g/mol. The Morgan fingerprint density at radius 3 is 2.31 bits per heavy atom. The van der Waals surface area contributed by atoms with Gasteiger partial charge in [0.2, 0.25) is 0 Å². The first-order valence-electron chi connectivity index (χ1n) is 7.75. The molecule has 0 spiro atoms. The molecule has 0 N–H and O–H groups in total. The molecular weight excluding hydrogens is 338 g/mol. The fourth-order valence-corrected chi connectivity index (χ4v) is 2.25. The summed E-state index contributed by atoms with van der Waals surface area (Å²) < 4.78 is 15.7. The molecule has 0 aliphatic carbocycles. The van der Waals surface area contributed by atoms with Crippen LogP contribution in [0.1, 0.15) is 16.7 Å². The normalized spacial score (nSPS) is 10.6. The van der Waals surface area contributed by atoms with Gasteiger partial charge in [0.25, 0.3) is 5.69 Å². The van der Waals surface area contributed by atoms with Crippen molar-refractivity contribution in [1.29, 1.82) is 0 Å². The number of aryl methyl sites for hydroxylation is 1. The van der Waals surface area contributed by atoms with E-state index in [1.54, 1.807) is 25.3 Å². The van der Waals surface area contributed by atoms with Crippen LogP contribution in [0.15, 0.2) is 42.5 Å². The molecule has 2 rings (SSSR count). The average Bonchev–Trinajstić information content (AvgIpc) is 2.65. The van der Waals surface area contributed by atoms with Gasteiger partial charge in [-0.2, -0.15) is 0 Å². The lowest BCUT2D eigenvalue weighted by Crippen LogP contribution is -2.03. The minimum absolute atomic E-state index is 0.00588. The summed E-state index contributed by atoms with van der Waals surface area (Å²) in [6.07, 6.45) is 2.81. The van der Waals surface area contributed by atoms with Crippen LogP contribution in [0.3, 0.4) is 0 Å². The summed E-state index contributed by atoms with van der Waals surface area (Å²) in [4.78, 5) is 22.0. The third-order valence-corrected chi connectivity index (χ3v) is 3.73. The van der Waals surface area contributed by atoms with Crippen molar-refractivity contribution in [2.75, 3.05) is 14.2 Å². The standard InChI is InChI=1S/C19H19NO6/c1-13-10-17(24-2)18(25-3)11-15(13)12-26-19(21)9-6-14-4-7-16(8-5-14)20(22)23/h4-11H,12H2,1-3H3/b9-6+. The molecule has 0 fully saturated rings. The van der Waals surface area contributed by atoms with Crippen molar-refractivity contribution in [3.05, 3.63) is 69.3 Å². The van der Waals surface area contributed by atoms with Gasteiger partial charge in [0.1, 0.15) is 6.61 Å². The number of nitro groups is 1. The van der Waals surface area contributed by atoms with Crippen molar-refractivity contribution in [2.45, 2.75) is 13.5 Å². The molecule has 2 aromatic rings. The molecule has 26 heavy (non-hydrogen) atoms. The third kappa shape index (κ3) is 4.83. The van der Waals surface area contributed by atoms with Crippen molar-refractivity contribution < 1.29 is 23.9 Å². The molecule has 0 amide bonds. The zero-order valence-corrected chi connectivity index (χ0v) is 14.7. The van der Waals surface area contributed by atoms with Crippen LogP contribution in [0.4, 0.5) is 5.69 Å². The predicted octanol–water partition coefficient (Wildman–Crippen LogP) is 3.68. The minimum Gasteiger partial charge on any atom is -0.493 e. The van der Waals surface area contributed by atoms with E-state index in [1.165, 1.54) is 31.4 Å². The molecule has 2 aromatic carbocycles. The van der Waals surface area contributed by atoms with Gasteiger partial charge in [0.15, 0.2) is 11.5 Å². The fourth-order valence-electron chi connectivity index (χ4n) is 2.25. The second-order valence-electron chi connectivity index (χ2n) is 5.42. The molecule has 0 saturated carbocycles. The van der Waals surface area contributed by atoms with Crippen molar-refractivity contribution in [3.8, 4) is 11.5 Å². The summed E-state index contributed by atoms with van der Waals surface area (Å²) in [5.74, 6) is 0.654. The summed E-state index contributed by atoms with van der Waals surface area (Å²) in [7, 11) is 3.09. The molecule has 0 bridgehead atoms. The first-order valence-corrected chi connectivity index (χ1v) is 7.75. The largest absolute Gasteiger partial charge is 0.493 e. The van der Waals surface area contributed by atoms with Gasteiger partial charge in [-0.05, 0) is 54.0 Å². The van der Waals surface area contributed by atoms with E-state index in [4.69, 9.17) is 14.2 Å². The van der Waals surface area contributed by atoms with E-state index < -0.39 is 10.9 Å². The number of hydrogen-bond acceptors (Lipinski definition) is 6. The zero-order valence-electron chi connectivity index (χ0n) is 14.7. The number of esters is 1. The number of rotatable bonds is 7. The Hall–Kier alpha value is -3.35. The van der Waals surface area contributed by atoms with Crippen LogP contribution in [0.2, 0.25) is 0 Å². The molecule has 0 saturated heterocycles. The van der Waals surface area contributed by atoms with E-state index in [9.17, 15) is 14.9 Å². The maximum absolute atomic E-state index is 11.9. The van der Waals surface area contributed by atoms with Crippen LogP contribution in [0.5, 0.6) is 11.5 Å². The Morgan fingerprint density at radius 1 is 1.12 bits per heavy atom. The maximum Gasteiger partial charge on any atom is 0.331 e. The highest BCUT2D eigenvalue weighted by atomic mass is 16.6. The van der Waals surface area contributed by atoms with Crippen LogP contribution in [-0.2, 0) is 16.1 Å². The highest BCUT2D eigenvalue weighted by molar-refractivity contribution is 5.87. The number of ether oxygens (including phenoxy) is 3. The Morgan fingerprint density at radius 2 is 1.73 bits per heavy atom. The molecule has 0 radical (unpaired) electrons. The monoisotopic (exact) mass is 357 g/mol. The van der Waals surface area contributed by atoms with Gasteiger partial charge in [-0.15, -0.1) is 0 Å². The van der Waals surface area contributed by atoms with E-state index in [2.05, 4.69) is 0 Å². The van der Waals surface area contributed by atoms with Crippen LogP contribution >= 0.6 is 0 Å². The quantitative estimate of drug-likeness (QED) is 0.325. The Bertz CT molecular complexity index is 827. The van der Waals surface area contributed by atoms with E-state index >= 15 is 0 Å². The number of nitrogens with zero attached hydrogens (tertiary/aromatic N) is 1. The van der Waals surface area contributed by atoms with Crippen molar-refractivity contribution in [1.82, 2.24) is 0 Å². The summed E-state index contributed by atoms with van der Waals surface area (Å²) in [6.45, 7) is 1.98. The highest BCUT2D eigenvalue weighted by Gasteiger charge is 2.10. The number of carbonyl (C=O) groups is 1. The van der Waals surface area contributed by atoms with Crippen LogP contribution in [0, 0.1) is 17.0 Å². The fraction of sp³-hybridized carbons (Fsp3) is 0.211. The van der Waals surface area contributed by atoms with Crippen LogP contribution < -0.4 is 9.47 Å². The molecule has 136 valence electrons. The summed E-state index contributed by atoms with van der Waals surface area (Å²) in [5.41, 5.74) is 2.37. The molecule has 0 atom stereocenters. The first-order chi connectivity index (χ1) is 12.4. The van der Waals surface area contributed by atoms with Crippen LogP contribution in [0.25, 0.3) is 6.08 Å². The van der Waals surface area contributed by atoms with Crippen molar-refractivity contribution in [3.63, 3.8) is 0 Å². The van der Waals surface area contributed by atoms with E-state index in [1.807, 2.05) is 13.0 Å². The number of carbonyl (C=O) groups excluding carboxylic acids is 1. The van der Waals surface area contributed by atoms with Crippen molar-refractivity contribution >= 4 is 17.7 Å². The maximum atomic E-state index is 11.9. The predicted molar refractivity (Wildman–Crippen MR) is 96.2 cm³/mol. The summed E-state index contributed by atoms with van der Waals surface area (Å²) in [5, 5.41) is 10.6. The first kappa shape index (κ1) is 19.0. The summed E-state index contributed by atoms with van der Waals surface area (Å²) >= 11 is 0. The molecule has 7 heteroatoms. The topological polar surface area (TPSA) is 87.9 Å². The van der Waals surface area contributed by atoms with Gasteiger partial charge in [0, 0.05) is 18.2 Å². The second-order valence-corrected chi connectivity index (χ2v) is 5.42. The number of methoxy groups -OCH3 is 2. The van der Waals surface area contributed by atoms with Gasteiger partial charge >= 0.3 is 5.97 Å². The van der Waals surface area contributed by atoms with Gasteiger partial charge in [-0.1, -0.05) is 0 Å². The second kappa shape index (κ2) is 8.66. The molecular formula is C19H19NO6. The molecule has 0 aliphatic rings. The highest BCUT2D eigenvalue weighted by Crippen LogP contribution is 2.30. The van der Waals surface area contributed by atoms with Crippen molar-refractivity contribution in [2.24, 2.45) is 0 Å². The summed E-state index contributed by atoms with van der Waals surface area (Å²) in [6, 6.07) is 9.44. The molecule has 0 heterocycles. The smallest absolute Gasteiger partial charge is 0.331 e. The van der Waals surface area contributed by atoms with Gasteiger partial charge in [0.05, 0.1) is 19.1 Å². The molecule has 0 unspecified atom stereocenters. The molecule has 0 aromatic heterocycles. The lowest BCUT2D eigenvalue weighted by Gasteiger charge is -2.12. The lowest BCUT2D eigenvalue weighted by atomic mass is 10.1. The number of non-ortho nitro benzene ring substituents is 1. The lowest BCUT2D eigenvalue weighted by molar-refractivity contribution is -0.384. The SMILES string of the molecule is COc1cc(C)c(COC(=O)/C=C/c2ccc([N+](=O)[O-])cc2)cc1OC. The van der Waals surface area contributed by atoms with Gasteiger partial charge in [-0.25, -0.2) is 4.79 Å². The third-order valence-electron chi connectivity index (χ3n) is 3.73. The van der Waals surface area contributed by atoms with E-state index in [0.29, 0.717) is 17.1 Å². The Kier molecular flexibility index (Phi) is 6.32. The minimum atomic E-state index is -0.516. The zero-order chi connectivity index (χ0) is 19.1. The molecule has 7 nitrogen and oxygen atoms in total. The Labute approximate surface area is 151 Å². The van der Waals surface area contributed by atoms with Gasteiger partial charge < -0.3 is 14.2 Å². The number of benzene rings is 2. The number of nitro benzene ring substituents is 1. The van der Waals surface area contributed by atoms with Crippen LogP contribution in [-0.4, -0.2) is 25.1 Å². The van der Waals surface area contributed by atoms with Gasteiger partial charge in [-0.3, -0.25) is 10.1 Å². The number of hydrogen-bond donors (Lipinski definition) is 0. The van der Waals surface area contributed by atoms with E-state index in [0.717, 1.165) is 11.1 Å². The Balaban J connectivity index is 1.99. The van der Waals surface area contributed by atoms with E-state index in [-0.39, 0.29) is 12.3 Å².